The van der Waals surface area contributed by atoms with E-state index in [-0.39, 0.29) is 0 Å². The summed E-state index contributed by atoms with van der Waals surface area (Å²) < 4.78 is 11.6. The Balaban J connectivity index is 1.74. The predicted molar refractivity (Wildman–Crippen MR) is 101 cm³/mol. The van der Waals surface area contributed by atoms with Crippen LogP contribution in [0.4, 0.5) is 0 Å². The summed E-state index contributed by atoms with van der Waals surface area (Å²) in [5.41, 5.74) is 0. The Morgan fingerprint density at radius 3 is 2.75 bits per heavy atom. The number of nitrogens with zero attached hydrogens (tertiary/aromatic N) is 1. The summed E-state index contributed by atoms with van der Waals surface area (Å²) in [6, 6.07) is 5.40. The van der Waals surface area contributed by atoms with Crippen LogP contribution in [0.3, 0.4) is 0 Å². The van der Waals surface area contributed by atoms with E-state index in [1.54, 1.807) is 12.1 Å². The Hall–Kier alpha value is -0.480. The van der Waals surface area contributed by atoms with Crippen LogP contribution in [0.5, 0.6) is 5.75 Å². The number of halogens is 2. The van der Waals surface area contributed by atoms with Crippen molar-refractivity contribution in [3.05, 3.63) is 28.2 Å². The van der Waals surface area contributed by atoms with Gasteiger partial charge >= 0.3 is 0 Å². The average Bonchev–Trinajstić information content (AvgIpc) is 2.59. The highest BCUT2D eigenvalue weighted by molar-refractivity contribution is 6.42. The molecule has 1 fully saturated rings. The number of benzene rings is 1. The highest BCUT2D eigenvalue weighted by Gasteiger charge is 2.28. The quantitative estimate of drug-likeness (QED) is 0.548. The molecule has 1 saturated heterocycles. The van der Waals surface area contributed by atoms with E-state index in [4.69, 9.17) is 32.7 Å². The fourth-order valence-electron chi connectivity index (χ4n) is 3.31. The molecular formula is C19H29Cl2NO2. The SMILES string of the molecule is CCCCCN1CCC(CCOc2ccc(Cl)c(Cl)c2)[C@H](OC)C1. The molecule has 0 N–H and O–H groups in total. The lowest BCUT2D eigenvalue weighted by Gasteiger charge is -2.37. The van der Waals surface area contributed by atoms with Gasteiger partial charge in [0.15, 0.2) is 0 Å². The number of unbranched alkanes of at least 4 members (excludes halogenated alkanes) is 2. The third-order valence-electron chi connectivity index (χ3n) is 4.81. The molecular weight excluding hydrogens is 345 g/mol. The van der Waals surface area contributed by atoms with Crippen molar-refractivity contribution in [2.45, 2.75) is 45.1 Å². The Morgan fingerprint density at radius 1 is 1.21 bits per heavy atom. The minimum Gasteiger partial charge on any atom is -0.494 e. The van der Waals surface area contributed by atoms with Crippen LogP contribution in [0, 0.1) is 5.92 Å². The first-order chi connectivity index (χ1) is 11.6. The highest BCUT2D eigenvalue weighted by Crippen LogP contribution is 2.28. The first kappa shape index (κ1) is 19.8. The molecule has 1 aliphatic rings. The molecule has 1 aromatic rings. The standard InChI is InChI=1S/C19H29Cl2NO2/c1-3-4-5-10-22-11-8-15(19(14-22)23-2)9-12-24-16-6-7-17(20)18(21)13-16/h6-7,13,15,19H,3-5,8-12,14H2,1-2H3/t15?,19-/m1/s1. The van der Waals surface area contributed by atoms with Crippen molar-refractivity contribution < 1.29 is 9.47 Å². The van der Waals surface area contributed by atoms with E-state index < -0.39 is 0 Å². The zero-order valence-corrected chi connectivity index (χ0v) is 16.3. The van der Waals surface area contributed by atoms with Gasteiger partial charge in [0.1, 0.15) is 5.75 Å². The van der Waals surface area contributed by atoms with Gasteiger partial charge in [-0.05, 0) is 50.4 Å². The van der Waals surface area contributed by atoms with Crippen molar-refractivity contribution in [1.29, 1.82) is 0 Å². The maximum absolute atomic E-state index is 6.02. The van der Waals surface area contributed by atoms with Gasteiger partial charge in [0.05, 0.1) is 22.8 Å². The van der Waals surface area contributed by atoms with Crippen LogP contribution in [0.15, 0.2) is 18.2 Å². The van der Waals surface area contributed by atoms with Crippen LogP contribution in [0.25, 0.3) is 0 Å². The Labute approximate surface area is 156 Å². The minimum atomic E-state index is 0.304. The number of ether oxygens (including phenoxy) is 2. The second-order valence-corrected chi connectivity index (χ2v) is 7.36. The van der Waals surface area contributed by atoms with E-state index in [0.29, 0.717) is 28.7 Å². The van der Waals surface area contributed by atoms with Gasteiger partial charge in [-0.2, -0.15) is 0 Å². The third kappa shape index (κ3) is 6.11. The molecule has 0 spiro atoms. The molecule has 24 heavy (non-hydrogen) atoms. The van der Waals surface area contributed by atoms with Crippen LogP contribution in [-0.2, 0) is 4.74 Å². The molecule has 1 unspecified atom stereocenters. The largest absolute Gasteiger partial charge is 0.494 e. The number of piperidine rings is 1. The topological polar surface area (TPSA) is 21.7 Å². The van der Waals surface area contributed by atoms with Crippen LogP contribution < -0.4 is 4.74 Å². The van der Waals surface area contributed by atoms with Crippen LogP contribution in [-0.4, -0.2) is 44.4 Å². The number of hydrogen-bond donors (Lipinski definition) is 0. The summed E-state index contributed by atoms with van der Waals surface area (Å²) in [6.07, 6.45) is 6.36. The summed E-state index contributed by atoms with van der Waals surface area (Å²) in [6.45, 7) is 6.33. The lowest BCUT2D eigenvalue weighted by Crippen LogP contribution is -2.45. The van der Waals surface area contributed by atoms with Gasteiger partial charge in [-0.15, -0.1) is 0 Å². The lowest BCUT2D eigenvalue weighted by molar-refractivity contribution is -0.0180. The van der Waals surface area contributed by atoms with E-state index in [1.165, 1.54) is 38.8 Å². The van der Waals surface area contributed by atoms with E-state index in [9.17, 15) is 0 Å². The Morgan fingerprint density at radius 2 is 2.04 bits per heavy atom. The highest BCUT2D eigenvalue weighted by atomic mass is 35.5. The normalized spacial score (nSPS) is 21.8. The second kappa shape index (κ2) is 10.5. The van der Waals surface area contributed by atoms with Crippen LogP contribution >= 0.6 is 23.2 Å². The van der Waals surface area contributed by atoms with Gasteiger partial charge in [0.2, 0.25) is 0 Å². The summed E-state index contributed by atoms with van der Waals surface area (Å²) >= 11 is 11.9. The lowest BCUT2D eigenvalue weighted by atomic mass is 9.91. The number of rotatable bonds is 9. The monoisotopic (exact) mass is 373 g/mol. The third-order valence-corrected chi connectivity index (χ3v) is 5.55. The summed E-state index contributed by atoms with van der Waals surface area (Å²) in [4.78, 5) is 2.54. The van der Waals surface area contributed by atoms with Crippen molar-refractivity contribution in [2.24, 2.45) is 5.92 Å². The van der Waals surface area contributed by atoms with Crippen molar-refractivity contribution >= 4 is 23.2 Å². The van der Waals surface area contributed by atoms with Gasteiger partial charge in [0.25, 0.3) is 0 Å². The van der Waals surface area contributed by atoms with Gasteiger partial charge in [0, 0.05) is 19.7 Å². The van der Waals surface area contributed by atoms with Gasteiger partial charge < -0.3 is 14.4 Å². The Bertz CT molecular complexity index is 498. The molecule has 2 rings (SSSR count). The number of hydrogen-bond acceptors (Lipinski definition) is 3. The smallest absolute Gasteiger partial charge is 0.120 e. The first-order valence-corrected chi connectivity index (χ1v) is 9.72. The fourth-order valence-corrected chi connectivity index (χ4v) is 3.60. The summed E-state index contributed by atoms with van der Waals surface area (Å²) in [7, 11) is 1.83. The average molecular weight is 374 g/mol. The van der Waals surface area contributed by atoms with E-state index >= 15 is 0 Å². The first-order valence-electron chi connectivity index (χ1n) is 8.97. The summed E-state index contributed by atoms with van der Waals surface area (Å²) in [5.74, 6) is 1.33. The zero-order chi connectivity index (χ0) is 17.4. The fraction of sp³-hybridized carbons (Fsp3) is 0.684. The van der Waals surface area contributed by atoms with Gasteiger partial charge in [-0.25, -0.2) is 0 Å². The van der Waals surface area contributed by atoms with Gasteiger partial charge in [-0.3, -0.25) is 0 Å². The molecule has 0 saturated carbocycles. The second-order valence-electron chi connectivity index (χ2n) is 6.54. The van der Waals surface area contributed by atoms with E-state index in [0.717, 1.165) is 18.7 Å². The van der Waals surface area contributed by atoms with Crippen molar-refractivity contribution in [3.8, 4) is 5.75 Å². The molecule has 0 radical (unpaired) electrons. The molecule has 1 aliphatic heterocycles. The predicted octanol–water partition coefficient (Wildman–Crippen LogP) is 5.29. The molecule has 0 aliphatic carbocycles. The summed E-state index contributed by atoms with van der Waals surface area (Å²) in [5, 5.41) is 1.09. The van der Waals surface area contributed by atoms with Crippen LogP contribution in [0.2, 0.25) is 10.0 Å². The molecule has 1 aromatic carbocycles. The van der Waals surface area contributed by atoms with Crippen LogP contribution in [0.1, 0.15) is 39.0 Å². The maximum atomic E-state index is 6.02. The molecule has 0 aromatic heterocycles. The molecule has 1 heterocycles. The van der Waals surface area contributed by atoms with Crippen molar-refractivity contribution in [3.63, 3.8) is 0 Å². The molecule has 3 nitrogen and oxygen atoms in total. The van der Waals surface area contributed by atoms with Gasteiger partial charge in [-0.1, -0.05) is 43.0 Å². The van der Waals surface area contributed by atoms with Crippen molar-refractivity contribution in [1.82, 2.24) is 4.90 Å². The van der Waals surface area contributed by atoms with E-state index in [2.05, 4.69) is 11.8 Å². The number of likely N-dealkylation sites (tertiary alicyclic amines) is 1. The minimum absolute atomic E-state index is 0.304. The maximum Gasteiger partial charge on any atom is 0.120 e. The van der Waals surface area contributed by atoms with E-state index in [1.807, 2.05) is 13.2 Å². The molecule has 5 heteroatoms. The Kier molecular flexibility index (Phi) is 8.68. The molecule has 136 valence electrons. The number of methoxy groups -OCH3 is 1. The van der Waals surface area contributed by atoms with Crippen molar-refractivity contribution in [2.75, 3.05) is 33.4 Å². The molecule has 0 amide bonds. The molecule has 0 bridgehead atoms. The molecule has 2 atom stereocenters. The zero-order valence-electron chi connectivity index (χ0n) is 14.8.